The van der Waals surface area contributed by atoms with Crippen molar-refractivity contribution >= 4 is 12.4 Å². The van der Waals surface area contributed by atoms with Crippen molar-refractivity contribution in [3.8, 4) is 5.75 Å². The Labute approximate surface area is 140 Å². The van der Waals surface area contributed by atoms with E-state index in [9.17, 15) is 17.3 Å². The molecule has 0 heterocycles. The molecule has 0 aromatic heterocycles. The van der Waals surface area contributed by atoms with Crippen LogP contribution in [0.25, 0.3) is 0 Å². The minimum atomic E-state index is -5.20. The zero-order valence-corrected chi connectivity index (χ0v) is 12.8. The summed E-state index contributed by atoms with van der Waals surface area (Å²) in [5.41, 5.74) is -0.368. The molecular formula is C10H10BF4KO. The Morgan fingerprint density at radius 2 is 1.94 bits per heavy atom. The zero-order valence-electron chi connectivity index (χ0n) is 9.64. The molecular weight excluding hydrogens is 262 g/mol. The fourth-order valence-corrected chi connectivity index (χ4v) is 1.10. The molecule has 0 atom stereocenters. The molecule has 1 nitrogen and oxygen atoms in total. The Bertz CT molecular complexity index is 406. The van der Waals surface area contributed by atoms with E-state index in [1.54, 1.807) is 6.92 Å². The van der Waals surface area contributed by atoms with Gasteiger partial charge < -0.3 is 17.7 Å². The predicted molar refractivity (Wildman–Crippen MR) is 55.4 cm³/mol. The van der Waals surface area contributed by atoms with E-state index < -0.39 is 24.0 Å². The minimum absolute atomic E-state index is 0. The minimum Gasteiger partial charge on any atom is -0.492 e. The monoisotopic (exact) mass is 272 g/mol. The fourth-order valence-electron chi connectivity index (χ4n) is 1.10. The van der Waals surface area contributed by atoms with E-state index in [1.807, 2.05) is 0 Å². The molecule has 7 heteroatoms. The van der Waals surface area contributed by atoms with Crippen LogP contribution in [0.3, 0.4) is 0 Å². The van der Waals surface area contributed by atoms with Crippen molar-refractivity contribution in [2.75, 3.05) is 6.61 Å². The fraction of sp³-hybridized carbons (Fsp3) is 0.200. The van der Waals surface area contributed by atoms with E-state index in [2.05, 4.69) is 6.58 Å². The Hall–Kier alpha value is 0.181. The number of hydrogen-bond acceptors (Lipinski definition) is 1. The van der Waals surface area contributed by atoms with Crippen LogP contribution in [0.15, 0.2) is 30.4 Å². The van der Waals surface area contributed by atoms with Gasteiger partial charge in [0.2, 0.25) is 0 Å². The summed E-state index contributed by atoms with van der Waals surface area (Å²) in [6.45, 7) is -0.172. The van der Waals surface area contributed by atoms with Gasteiger partial charge in [0.05, 0.1) is 5.75 Å². The first-order chi connectivity index (χ1) is 7.30. The molecule has 0 aliphatic rings. The predicted octanol–water partition coefficient (Wildman–Crippen LogP) is -0.161. The SMILES string of the molecule is C=C(C)COc1cc(F)ccc1[B-](F)(F)F.[K+]. The van der Waals surface area contributed by atoms with Crippen LogP contribution in [0.2, 0.25) is 0 Å². The summed E-state index contributed by atoms with van der Waals surface area (Å²) in [4.78, 5) is 0. The smallest absolute Gasteiger partial charge is 0.492 e. The van der Waals surface area contributed by atoms with Crippen LogP contribution in [0.1, 0.15) is 6.92 Å². The van der Waals surface area contributed by atoms with Gasteiger partial charge in [-0.1, -0.05) is 18.1 Å². The number of rotatable bonds is 4. The number of hydrogen-bond donors (Lipinski definition) is 0. The Kier molecular flexibility index (Phi) is 7.01. The third kappa shape index (κ3) is 5.57. The normalized spacial score (nSPS) is 10.6. The third-order valence-electron chi connectivity index (χ3n) is 1.80. The van der Waals surface area contributed by atoms with Crippen molar-refractivity contribution < 1.29 is 73.5 Å². The summed E-state index contributed by atoms with van der Waals surface area (Å²) in [5, 5.41) is 0. The molecule has 0 bridgehead atoms. The first kappa shape index (κ1) is 17.2. The topological polar surface area (TPSA) is 9.23 Å². The summed E-state index contributed by atoms with van der Waals surface area (Å²) in [6.07, 6.45) is 0. The second-order valence-electron chi connectivity index (χ2n) is 3.50. The van der Waals surface area contributed by atoms with Gasteiger partial charge in [-0.2, -0.15) is 0 Å². The molecule has 17 heavy (non-hydrogen) atoms. The average Bonchev–Trinajstić information content (AvgIpc) is 2.12. The Morgan fingerprint density at radius 3 is 2.41 bits per heavy atom. The van der Waals surface area contributed by atoms with Crippen LogP contribution < -0.4 is 61.6 Å². The number of benzene rings is 1. The summed E-state index contributed by atoms with van der Waals surface area (Å²) < 4.78 is 55.3. The molecule has 1 rings (SSSR count). The van der Waals surface area contributed by atoms with E-state index in [0.717, 1.165) is 12.1 Å². The standard InChI is InChI=1S/C10H10BF4O.K/c1-7(2)6-16-10-5-8(12)3-4-9(10)11(13,14)15;/h3-5H,1,6H2,2H3;/q-1;+1. The van der Waals surface area contributed by atoms with Crippen LogP contribution in [0.4, 0.5) is 17.3 Å². The summed E-state index contributed by atoms with van der Waals surface area (Å²) >= 11 is 0. The van der Waals surface area contributed by atoms with Gasteiger partial charge in [0.15, 0.2) is 0 Å². The van der Waals surface area contributed by atoms with E-state index in [1.165, 1.54) is 0 Å². The number of halogens is 4. The molecule has 0 saturated heterocycles. The van der Waals surface area contributed by atoms with Crippen molar-refractivity contribution in [3.63, 3.8) is 0 Å². The van der Waals surface area contributed by atoms with Crippen molar-refractivity contribution in [1.29, 1.82) is 0 Å². The molecule has 1 aromatic carbocycles. The van der Waals surface area contributed by atoms with Crippen LogP contribution >= 0.6 is 0 Å². The van der Waals surface area contributed by atoms with Crippen molar-refractivity contribution in [1.82, 2.24) is 0 Å². The molecule has 0 spiro atoms. The first-order valence-electron chi connectivity index (χ1n) is 4.57. The van der Waals surface area contributed by atoms with Gasteiger partial charge in [0, 0.05) is 6.07 Å². The van der Waals surface area contributed by atoms with E-state index in [4.69, 9.17) is 4.74 Å². The van der Waals surface area contributed by atoms with Crippen LogP contribution in [0, 0.1) is 5.82 Å². The van der Waals surface area contributed by atoms with Crippen molar-refractivity contribution in [2.24, 2.45) is 0 Å². The molecule has 0 aliphatic carbocycles. The van der Waals surface area contributed by atoms with Gasteiger partial charge >= 0.3 is 58.4 Å². The molecule has 0 aliphatic heterocycles. The van der Waals surface area contributed by atoms with Crippen LogP contribution in [0.5, 0.6) is 5.75 Å². The Morgan fingerprint density at radius 1 is 1.35 bits per heavy atom. The van der Waals surface area contributed by atoms with Gasteiger partial charge in [0.1, 0.15) is 12.4 Å². The van der Waals surface area contributed by atoms with Crippen molar-refractivity contribution in [2.45, 2.75) is 6.92 Å². The largest absolute Gasteiger partial charge is 1.00 e. The van der Waals surface area contributed by atoms with Gasteiger partial charge in [0.25, 0.3) is 0 Å². The molecule has 0 N–H and O–H groups in total. The van der Waals surface area contributed by atoms with Gasteiger partial charge in [-0.05, 0) is 18.6 Å². The zero-order chi connectivity index (χ0) is 12.3. The van der Waals surface area contributed by atoms with Gasteiger partial charge in [-0.15, -0.1) is 0 Å². The maximum atomic E-state index is 12.8. The van der Waals surface area contributed by atoms with Gasteiger partial charge in [-0.3, -0.25) is 0 Å². The molecule has 0 saturated carbocycles. The number of ether oxygens (including phenoxy) is 1. The van der Waals surface area contributed by atoms with E-state index in [-0.39, 0.29) is 58.0 Å². The second-order valence-corrected chi connectivity index (χ2v) is 3.50. The second kappa shape index (κ2) is 6.94. The first-order valence-corrected chi connectivity index (χ1v) is 4.57. The molecule has 1 aromatic rings. The van der Waals surface area contributed by atoms with Crippen LogP contribution in [-0.4, -0.2) is 13.6 Å². The molecule has 0 unspecified atom stereocenters. The van der Waals surface area contributed by atoms with Crippen molar-refractivity contribution in [3.05, 3.63) is 36.2 Å². The van der Waals surface area contributed by atoms with E-state index >= 15 is 0 Å². The molecule has 0 fully saturated rings. The quantitative estimate of drug-likeness (QED) is 0.420. The van der Waals surface area contributed by atoms with E-state index in [0.29, 0.717) is 11.6 Å². The van der Waals surface area contributed by atoms with Crippen LogP contribution in [-0.2, 0) is 0 Å². The third-order valence-corrected chi connectivity index (χ3v) is 1.80. The van der Waals surface area contributed by atoms with Gasteiger partial charge in [-0.25, -0.2) is 4.39 Å². The summed E-state index contributed by atoms with van der Waals surface area (Å²) in [5.74, 6) is -1.25. The summed E-state index contributed by atoms with van der Waals surface area (Å²) in [6, 6.07) is 2.18. The maximum absolute atomic E-state index is 12.8. The molecule has 0 amide bonds. The molecule has 88 valence electrons. The Balaban J connectivity index is 0.00000256. The maximum Gasteiger partial charge on any atom is 1.00 e. The average molecular weight is 272 g/mol. The molecule has 0 radical (unpaired) electrons. The summed E-state index contributed by atoms with van der Waals surface area (Å²) in [7, 11) is 0.